The highest BCUT2D eigenvalue weighted by Crippen LogP contribution is 2.25. The Hall–Kier alpha value is -0.530. The summed E-state index contributed by atoms with van der Waals surface area (Å²) in [5, 5.41) is 0. The van der Waals surface area contributed by atoms with Gasteiger partial charge in [-0.3, -0.25) is 4.79 Å². The molecule has 0 saturated heterocycles. The van der Waals surface area contributed by atoms with Crippen molar-refractivity contribution in [2.75, 3.05) is 0 Å². The maximum Gasteiger partial charge on any atom is 0.306 e. The zero-order valence-corrected chi connectivity index (χ0v) is 20.1. The molecule has 0 N–H and O–H groups in total. The first-order valence-electron chi connectivity index (χ1n) is 12.7. The number of esters is 1. The van der Waals surface area contributed by atoms with Gasteiger partial charge in [-0.25, -0.2) is 0 Å². The topological polar surface area (TPSA) is 26.3 Å². The first-order valence-corrected chi connectivity index (χ1v) is 12.7. The molecule has 2 heteroatoms. The van der Waals surface area contributed by atoms with Crippen LogP contribution in [0.3, 0.4) is 0 Å². The van der Waals surface area contributed by atoms with Gasteiger partial charge in [-0.2, -0.15) is 0 Å². The number of rotatable bonds is 20. The van der Waals surface area contributed by atoms with Crippen LogP contribution in [0.4, 0.5) is 0 Å². The molecule has 2 nitrogen and oxygen atoms in total. The summed E-state index contributed by atoms with van der Waals surface area (Å²) in [5.74, 6) is 1.77. The van der Waals surface area contributed by atoms with E-state index in [9.17, 15) is 4.79 Å². The molecular formula is C26H52O2. The van der Waals surface area contributed by atoms with E-state index in [4.69, 9.17) is 4.74 Å². The Kier molecular flexibility index (Phi) is 19.4. The maximum absolute atomic E-state index is 11.5. The summed E-state index contributed by atoms with van der Waals surface area (Å²) < 4.78 is 5.16. The van der Waals surface area contributed by atoms with E-state index in [1.54, 1.807) is 0 Å². The Morgan fingerprint density at radius 1 is 0.643 bits per heavy atom. The van der Waals surface area contributed by atoms with Gasteiger partial charge < -0.3 is 4.74 Å². The number of ether oxygens (including phenoxy) is 1. The molecular weight excluding hydrogens is 344 g/mol. The molecule has 0 rings (SSSR count). The molecule has 1 unspecified atom stereocenters. The Bertz CT molecular complexity index is 335. The van der Waals surface area contributed by atoms with Crippen LogP contribution in [0, 0.1) is 11.8 Å². The van der Waals surface area contributed by atoms with Crippen LogP contribution in [0.1, 0.15) is 144 Å². The zero-order valence-electron chi connectivity index (χ0n) is 20.1. The second kappa shape index (κ2) is 19.8. The van der Waals surface area contributed by atoms with Crippen LogP contribution in [0.5, 0.6) is 0 Å². The highest BCUT2D eigenvalue weighted by molar-refractivity contribution is 5.69. The molecule has 0 aromatic heterocycles. The van der Waals surface area contributed by atoms with Crippen LogP contribution in [0.2, 0.25) is 0 Å². The van der Waals surface area contributed by atoms with E-state index < -0.39 is 0 Å². The Morgan fingerprint density at radius 3 is 1.50 bits per heavy atom. The van der Waals surface area contributed by atoms with Crippen molar-refractivity contribution >= 4 is 5.97 Å². The van der Waals surface area contributed by atoms with Crippen molar-refractivity contribution in [3.05, 3.63) is 0 Å². The number of hydrogen-bond acceptors (Lipinski definition) is 2. The lowest BCUT2D eigenvalue weighted by atomic mass is 9.85. The van der Waals surface area contributed by atoms with Crippen LogP contribution in [-0.4, -0.2) is 12.1 Å². The second-order valence-electron chi connectivity index (χ2n) is 9.47. The lowest BCUT2D eigenvalue weighted by Gasteiger charge is -2.20. The highest BCUT2D eigenvalue weighted by Gasteiger charge is 2.12. The Morgan fingerprint density at radius 2 is 1.07 bits per heavy atom. The molecule has 0 aromatic carbocycles. The van der Waals surface area contributed by atoms with Crippen LogP contribution < -0.4 is 0 Å². The summed E-state index contributed by atoms with van der Waals surface area (Å²) in [6.07, 6.45) is 22.3. The van der Waals surface area contributed by atoms with Gasteiger partial charge in [0.05, 0.1) is 6.10 Å². The zero-order chi connectivity index (χ0) is 21.0. The predicted octanol–water partition coefficient (Wildman–Crippen LogP) is 8.86. The molecule has 0 fully saturated rings. The average Bonchev–Trinajstić information content (AvgIpc) is 2.63. The predicted molar refractivity (Wildman–Crippen MR) is 124 cm³/mol. The minimum atomic E-state index is -0.0318. The van der Waals surface area contributed by atoms with Gasteiger partial charge in [0.1, 0.15) is 0 Å². The molecule has 0 bridgehead atoms. The quantitative estimate of drug-likeness (QED) is 0.152. The third-order valence-electron chi connectivity index (χ3n) is 5.94. The second-order valence-corrected chi connectivity index (χ2v) is 9.47. The third-order valence-corrected chi connectivity index (χ3v) is 5.94. The number of carbonyl (C=O) groups is 1. The van der Waals surface area contributed by atoms with Crippen molar-refractivity contribution in [2.45, 2.75) is 150 Å². The number of hydrogen-bond donors (Lipinski definition) is 0. The van der Waals surface area contributed by atoms with Gasteiger partial charge in [0.25, 0.3) is 0 Å². The normalized spacial score (nSPS) is 12.7. The largest absolute Gasteiger partial charge is 0.463 e. The molecule has 0 amide bonds. The van der Waals surface area contributed by atoms with E-state index in [1.807, 2.05) is 13.8 Å². The van der Waals surface area contributed by atoms with E-state index in [2.05, 4.69) is 20.8 Å². The third kappa shape index (κ3) is 18.8. The maximum atomic E-state index is 11.5. The molecule has 1 atom stereocenters. The van der Waals surface area contributed by atoms with Gasteiger partial charge in [-0.05, 0) is 32.1 Å². The van der Waals surface area contributed by atoms with Crippen molar-refractivity contribution in [1.82, 2.24) is 0 Å². The first kappa shape index (κ1) is 27.5. The standard InChI is InChI=1S/C26H52O2/c1-6-7-8-14-17-20-25(23(2)3)21-18-15-12-10-9-11-13-16-19-22-26(27)28-24(4)5/h23-25H,6-22H2,1-5H3. The van der Waals surface area contributed by atoms with Gasteiger partial charge >= 0.3 is 5.97 Å². The minimum Gasteiger partial charge on any atom is -0.463 e. The molecule has 0 aromatic rings. The molecule has 0 radical (unpaired) electrons. The van der Waals surface area contributed by atoms with Gasteiger partial charge in [0, 0.05) is 6.42 Å². The van der Waals surface area contributed by atoms with Gasteiger partial charge in [-0.1, -0.05) is 117 Å². The molecule has 0 aliphatic heterocycles. The van der Waals surface area contributed by atoms with Crippen molar-refractivity contribution in [3.8, 4) is 0 Å². The number of unbranched alkanes of at least 4 members (excludes halogenated alkanes) is 12. The molecule has 0 aliphatic carbocycles. The van der Waals surface area contributed by atoms with Crippen molar-refractivity contribution in [2.24, 2.45) is 11.8 Å². The average molecular weight is 397 g/mol. The fourth-order valence-electron chi connectivity index (χ4n) is 4.06. The van der Waals surface area contributed by atoms with E-state index in [-0.39, 0.29) is 12.1 Å². The summed E-state index contributed by atoms with van der Waals surface area (Å²) >= 11 is 0. The summed E-state index contributed by atoms with van der Waals surface area (Å²) in [4.78, 5) is 11.5. The molecule has 0 aliphatic rings. The fraction of sp³-hybridized carbons (Fsp3) is 0.962. The van der Waals surface area contributed by atoms with E-state index >= 15 is 0 Å². The fourth-order valence-corrected chi connectivity index (χ4v) is 4.06. The van der Waals surface area contributed by atoms with Crippen molar-refractivity contribution < 1.29 is 9.53 Å². The molecule has 0 heterocycles. The van der Waals surface area contributed by atoms with Gasteiger partial charge in [0.2, 0.25) is 0 Å². The monoisotopic (exact) mass is 396 g/mol. The SMILES string of the molecule is CCCCCCCC(CCCCCCCCCCCC(=O)OC(C)C)C(C)C. The lowest BCUT2D eigenvalue weighted by Crippen LogP contribution is -2.10. The van der Waals surface area contributed by atoms with Gasteiger partial charge in [0.15, 0.2) is 0 Å². The summed E-state index contributed by atoms with van der Waals surface area (Å²) in [6.45, 7) is 11.0. The lowest BCUT2D eigenvalue weighted by molar-refractivity contribution is -0.147. The van der Waals surface area contributed by atoms with E-state index in [0.29, 0.717) is 6.42 Å². The minimum absolute atomic E-state index is 0.0223. The van der Waals surface area contributed by atoms with Crippen LogP contribution >= 0.6 is 0 Å². The molecule has 0 spiro atoms. The summed E-state index contributed by atoms with van der Waals surface area (Å²) in [5.41, 5.74) is 0. The van der Waals surface area contributed by atoms with Crippen LogP contribution in [-0.2, 0) is 9.53 Å². The highest BCUT2D eigenvalue weighted by atomic mass is 16.5. The smallest absolute Gasteiger partial charge is 0.306 e. The Balaban J connectivity index is 3.45. The molecule has 0 saturated carbocycles. The molecule has 28 heavy (non-hydrogen) atoms. The van der Waals surface area contributed by atoms with E-state index in [1.165, 1.54) is 96.3 Å². The Labute approximate surface area is 177 Å². The van der Waals surface area contributed by atoms with Gasteiger partial charge in [-0.15, -0.1) is 0 Å². The summed E-state index contributed by atoms with van der Waals surface area (Å²) in [6, 6.07) is 0. The molecule has 168 valence electrons. The van der Waals surface area contributed by atoms with Crippen molar-refractivity contribution in [1.29, 1.82) is 0 Å². The van der Waals surface area contributed by atoms with Crippen molar-refractivity contribution in [3.63, 3.8) is 0 Å². The van der Waals surface area contributed by atoms with Crippen LogP contribution in [0.15, 0.2) is 0 Å². The first-order chi connectivity index (χ1) is 13.5. The number of carbonyl (C=O) groups excluding carboxylic acids is 1. The van der Waals surface area contributed by atoms with E-state index in [0.717, 1.165) is 18.3 Å². The van der Waals surface area contributed by atoms with Crippen LogP contribution in [0.25, 0.3) is 0 Å². The summed E-state index contributed by atoms with van der Waals surface area (Å²) in [7, 11) is 0.